The highest BCUT2D eigenvalue weighted by Crippen LogP contribution is 2.25. The molecular formula is C15H22N2O. The second kappa shape index (κ2) is 5.89. The molecule has 1 amide bonds. The van der Waals surface area contributed by atoms with E-state index in [4.69, 9.17) is 0 Å². The van der Waals surface area contributed by atoms with E-state index in [9.17, 15) is 4.79 Å². The van der Waals surface area contributed by atoms with Crippen LogP contribution >= 0.6 is 0 Å². The standard InChI is InChI=1S/C15H22N2O/c1-3-11(4-2)10-16-15(18)14-9-12-7-5-6-8-13(12)17-14/h5-8,11,14,17H,3-4,9-10H2,1-2H3,(H,16,18). The van der Waals surface area contributed by atoms with E-state index in [0.29, 0.717) is 5.92 Å². The first-order valence-corrected chi connectivity index (χ1v) is 6.86. The number of rotatable bonds is 5. The van der Waals surface area contributed by atoms with Gasteiger partial charge in [0.1, 0.15) is 6.04 Å². The number of carbonyl (C=O) groups is 1. The maximum Gasteiger partial charge on any atom is 0.242 e. The van der Waals surface area contributed by atoms with Crippen molar-refractivity contribution in [2.24, 2.45) is 5.92 Å². The molecule has 3 heteroatoms. The van der Waals surface area contributed by atoms with E-state index in [-0.39, 0.29) is 11.9 Å². The third-order valence-corrected chi connectivity index (χ3v) is 3.81. The quantitative estimate of drug-likeness (QED) is 0.838. The Morgan fingerprint density at radius 2 is 2.11 bits per heavy atom. The highest BCUT2D eigenvalue weighted by molar-refractivity contribution is 5.87. The number of benzene rings is 1. The normalized spacial score (nSPS) is 17.4. The zero-order chi connectivity index (χ0) is 13.0. The summed E-state index contributed by atoms with van der Waals surface area (Å²) in [6.45, 7) is 5.13. The maximum atomic E-state index is 12.1. The van der Waals surface area contributed by atoms with Crippen LogP contribution in [0.15, 0.2) is 24.3 Å². The van der Waals surface area contributed by atoms with Crippen LogP contribution in [-0.2, 0) is 11.2 Å². The molecule has 1 aliphatic heterocycles. The fourth-order valence-electron chi connectivity index (χ4n) is 2.40. The number of carbonyl (C=O) groups excluding carboxylic acids is 1. The molecular weight excluding hydrogens is 224 g/mol. The van der Waals surface area contributed by atoms with Crippen molar-refractivity contribution in [2.75, 3.05) is 11.9 Å². The highest BCUT2D eigenvalue weighted by atomic mass is 16.2. The summed E-state index contributed by atoms with van der Waals surface area (Å²) in [7, 11) is 0. The summed E-state index contributed by atoms with van der Waals surface area (Å²) >= 11 is 0. The van der Waals surface area contributed by atoms with Crippen LogP contribution < -0.4 is 10.6 Å². The van der Waals surface area contributed by atoms with Crippen molar-refractivity contribution >= 4 is 11.6 Å². The summed E-state index contributed by atoms with van der Waals surface area (Å²) < 4.78 is 0. The molecule has 1 unspecified atom stereocenters. The number of nitrogens with one attached hydrogen (secondary N) is 2. The Morgan fingerprint density at radius 1 is 1.39 bits per heavy atom. The van der Waals surface area contributed by atoms with E-state index < -0.39 is 0 Å². The number of para-hydroxylation sites is 1. The van der Waals surface area contributed by atoms with Crippen molar-refractivity contribution < 1.29 is 4.79 Å². The molecule has 0 radical (unpaired) electrons. The van der Waals surface area contributed by atoms with Crippen molar-refractivity contribution in [1.82, 2.24) is 5.32 Å². The fourth-order valence-corrected chi connectivity index (χ4v) is 2.40. The second-order valence-electron chi connectivity index (χ2n) is 4.99. The zero-order valence-electron chi connectivity index (χ0n) is 11.2. The summed E-state index contributed by atoms with van der Waals surface area (Å²) in [5.41, 5.74) is 2.33. The highest BCUT2D eigenvalue weighted by Gasteiger charge is 2.26. The summed E-state index contributed by atoms with van der Waals surface area (Å²) in [5.74, 6) is 0.718. The van der Waals surface area contributed by atoms with Crippen LogP contribution in [0.25, 0.3) is 0 Å². The Labute approximate surface area is 109 Å². The molecule has 0 aromatic heterocycles. The van der Waals surface area contributed by atoms with E-state index in [1.165, 1.54) is 5.56 Å². The average molecular weight is 246 g/mol. The van der Waals surface area contributed by atoms with Crippen LogP contribution in [0.1, 0.15) is 32.3 Å². The molecule has 1 aliphatic rings. The van der Waals surface area contributed by atoms with E-state index in [2.05, 4.69) is 30.5 Å². The lowest BCUT2D eigenvalue weighted by Gasteiger charge is -2.16. The molecule has 0 aliphatic carbocycles. The SMILES string of the molecule is CCC(CC)CNC(=O)C1Cc2ccccc2N1. The zero-order valence-corrected chi connectivity index (χ0v) is 11.2. The van der Waals surface area contributed by atoms with Gasteiger partial charge < -0.3 is 10.6 Å². The lowest BCUT2D eigenvalue weighted by atomic mass is 10.0. The molecule has 2 rings (SSSR count). The van der Waals surface area contributed by atoms with Gasteiger partial charge in [-0.15, -0.1) is 0 Å². The van der Waals surface area contributed by atoms with Gasteiger partial charge in [-0.2, -0.15) is 0 Å². The second-order valence-corrected chi connectivity index (χ2v) is 4.99. The van der Waals surface area contributed by atoms with Crippen LogP contribution in [0.4, 0.5) is 5.69 Å². The lowest BCUT2D eigenvalue weighted by molar-refractivity contribution is -0.121. The number of hydrogen-bond acceptors (Lipinski definition) is 2. The van der Waals surface area contributed by atoms with Crippen molar-refractivity contribution in [3.63, 3.8) is 0 Å². The Kier molecular flexibility index (Phi) is 4.24. The van der Waals surface area contributed by atoms with E-state index in [1.54, 1.807) is 0 Å². The molecule has 0 spiro atoms. The molecule has 2 N–H and O–H groups in total. The number of amides is 1. The molecule has 0 saturated heterocycles. The minimum atomic E-state index is -0.100. The fraction of sp³-hybridized carbons (Fsp3) is 0.533. The van der Waals surface area contributed by atoms with Crippen molar-refractivity contribution in [2.45, 2.75) is 39.2 Å². The van der Waals surface area contributed by atoms with Crippen LogP contribution in [0, 0.1) is 5.92 Å². The topological polar surface area (TPSA) is 41.1 Å². The number of hydrogen-bond donors (Lipinski definition) is 2. The number of fused-ring (bicyclic) bond motifs is 1. The smallest absolute Gasteiger partial charge is 0.242 e. The molecule has 3 nitrogen and oxygen atoms in total. The molecule has 1 heterocycles. The minimum Gasteiger partial charge on any atom is -0.373 e. The summed E-state index contributed by atoms with van der Waals surface area (Å²) in [4.78, 5) is 12.1. The Balaban J connectivity index is 1.86. The van der Waals surface area contributed by atoms with Gasteiger partial charge in [-0.1, -0.05) is 44.9 Å². The van der Waals surface area contributed by atoms with Gasteiger partial charge in [0.2, 0.25) is 5.91 Å². The third-order valence-electron chi connectivity index (χ3n) is 3.81. The van der Waals surface area contributed by atoms with Gasteiger partial charge in [0.15, 0.2) is 0 Å². The Morgan fingerprint density at radius 3 is 2.78 bits per heavy atom. The predicted octanol–water partition coefficient (Wildman–Crippen LogP) is 2.58. The molecule has 0 saturated carbocycles. The van der Waals surface area contributed by atoms with Crippen LogP contribution in [0.5, 0.6) is 0 Å². The molecule has 0 bridgehead atoms. The largest absolute Gasteiger partial charge is 0.373 e. The van der Waals surface area contributed by atoms with E-state index in [1.807, 2.05) is 18.2 Å². The first kappa shape index (κ1) is 12.9. The van der Waals surface area contributed by atoms with Crippen molar-refractivity contribution in [3.8, 4) is 0 Å². The molecule has 1 aromatic rings. The predicted molar refractivity (Wildman–Crippen MR) is 74.6 cm³/mol. The molecule has 1 aromatic carbocycles. The van der Waals surface area contributed by atoms with Gasteiger partial charge in [0.05, 0.1) is 0 Å². The van der Waals surface area contributed by atoms with Crippen LogP contribution in [0.3, 0.4) is 0 Å². The molecule has 0 fully saturated rings. The van der Waals surface area contributed by atoms with Gasteiger partial charge in [-0.05, 0) is 17.5 Å². The lowest BCUT2D eigenvalue weighted by Crippen LogP contribution is -2.40. The molecule has 98 valence electrons. The van der Waals surface area contributed by atoms with Gasteiger partial charge in [0.25, 0.3) is 0 Å². The van der Waals surface area contributed by atoms with E-state index >= 15 is 0 Å². The minimum absolute atomic E-state index is 0.100. The third kappa shape index (κ3) is 2.84. The van der Waals surface area contributed by atoms with Crippen molar-refractivity contribution in [3.05, 3.63) is 29.8 Å². The first-order chi connectivity index (χ1) is 8.74. The van der Waals surface area contributed by atoms with Crippen LogP contribution in [-0.4, -0.2) is 18.5 Å². The van der Waals surface area contributed by atoms with Gasteiger partial charge in [0, 0.05) is 18.7 Å². The van der Waals surface area contributed by atoms with Gasteiger partial charge in [-0.3, -0.25) is 4.79 Å². The summed E-state index contributed by atoms with van der Waals surface area (Å²) in [5, 5.41) is 6.34. The number of anilines is 1. The first-order valence-electron chi connectivity index (χ1n) is 6.86. The van der Waals surface area contributed by atoms with Crippen LogP contribution in [0.2, 0.25) is 0 Å². The van der Waals surface area contributed by atoms with Crippen molar-refractivity contribution in [1.29, 1.82) is 0 Å². The van der Waals surface area contributed by atoms with Gasteiger partial charge in [-0.25, -0.2) is 0 Å². The molecule has 1 atom stereocenters. The summed E-state index contributed by atoms with van der Waals surface area (Å²) in [6, 6.07) is 8.03. The average Bonchev–Trinajstić information content (AvgIpc) is 2.83. The van der Waals surface area contributed by atoms with Gasteiger partial charge >= 0.3 is 0 Å². The van der Waals surface area contributed by atoms with E-state index in [0.717, 1.165) is 31.5 Å². The summed E-state index contributed by atoms with van der Waals surface area (Å²) in [6.07, 6.45) is 3.04. The maximum absolute atomic E-state index is 12.1. The Bertz CT molecular complexity index is 388. The monoisotopic (exact) mass is 246 g/mol. The molecule has 18 heavy (non-hydrogen) atoms. The Hall–Kier alpha value is -1.51.